The van der Waals surface area contributed by atoms with Gasteiger partial charge in [0.2, 0.25) is 0 Å². The van der Waals surface area contributed by atoms with E-state index in [1.807, 2.05) is 45.0 Å². The number of aryl methyl sites for hydroxylation is 2. The fourth-order valence-corrected chi connectivity index (χ4v) is 2.32. The molecule has 5 heteroatoms. The lowest BCUT2D eigenvalue weighted by molar-refractivity contribution is 0.0937. The van der Waals surface area contributed by atoms with Crippen LogP contribution in [0.15, 0.2) is 28.8 Å². The molecule has 0 saturated carbocycles. The van der Waals surface area contributed by atoms with Crippen LogP contribution in [0.4, 0.5) is 0 Å². The molecule has 0 spiro atoms. The van der Waals surface area contributed by atoms with Crippen LogP contribution in [0.1, 0.15) is 54.2 Å². The van der Waals surface area contributed by atoms with Crippen molar-refractivity contribution in [3.05, 3.63) is 46.8 Å². The molecule has 1 aromatic carbocycles. The number of hydrogen-bond donors (Lipinski definition) is 1. The van der Waals surface area contributed by atoms with Crippen LogP contribution in [-0.2, 0) is 6.42 Å². The first-order valence-electron chi connectivity index (χ1n) is 7.55. The SMILES string of the molecule is CCOc1ccc([C@H](C)NC(=O)c2c(CC)noc2C)cc1. The van der Waals surface area contributed by atoms with Crippen molar-refractivity contribution >= 4 is 5.91 Å². The van der Waals surface area contributed by atoms with Gasteiger partial charge in [0.15, 0.2) is 0 Å². The third-order valence-corrected chi connectivity index (χ3v) is 3.53. The van der Waals surface area contributed by atoms with Crippen molar-refractivity contribution in [2.24, 2.45) is 0 Å². The van der Waals surface area contributed by atoms with Gasteiger partial charge in [-0.15, -0.1) is 0 Å². The second-order valence-corrected chi connectivity index (χ2v) is 5.11. The lowest BCUT2D eigenvalue weighted by atomic mass is 10.1. The number of carbonyl (C=O) groups is 1. The Labute approximate surface area is 130 Å². The summed E-state index contributed by atoms with van der Waals surface area (Å²) in [5, 5.41) is 6.90. The van der Waals surface area contributed by atoms with Gasteiger partial charge in [0.1, 0.15) is 17.1 Å². The van der Waals surface area contributed by atoms with E-state index in [1.54, 1.807) is 6.92 Å². The van der Waals surface area contributed by atoms with Gasteiger partial charge in [-0.2, -0.15) is 0 Å². The smallest absolute Gasteiger partial charge is 0.257 e. The molecule has 0 aliphatic rings. The van der Waals surface area contributed by atoms with E-state index in [2.05, 4.69) is 10.5 Å². The molecule has 1 atom stereocenters. The van der Waals surface area contributed by atoms with Gasteiger partial charge >= 0.3 is 0 Å². The van der Waals surface area contributed by atoms with Gasteiger partial charge in [0, 0.05) is 0 Å². The second-order valence-electron chi connectivity index (χ2n) is 5.11. The molecule has 2 rings (SSSR count). The Morgan fingerprint density at radius 1 is 1.32 bits per heavy atom. The maximum atomic E-state index is 12.4. The molecule has 118 valence electrons. The Morgan fingerprint density at radius 3 is 2.59 bits per heavy atom. The highest BCUT2D eigenvalue weighted by molar-refractivity contribution is 5.96. The van der Waals surface area contributed by atoms with E-state index in [9.17, 15) is 4.79 Å². The summed E-state index contributed by atoms with van der Waals surface area (Å²) >= 11 is 0. The lowest BCUT2D eigenvalue weighted by Crippen LogP contribution is -2.27. The minimum atomic E-state index is -0.156. The number of rotatable bonds is 6. The molecule has 22 heavy (non-hydrogen) atoms. The first-order chi connectivity index (χ1) is 10.6. The summed E-state index contributed by atoms with van der Waals surface area (Å²) in [6.07, 6.45) is 0.664. The van der Waals surface area contributed by atoms with Crippen LogP contribution in [0.3, 0.4) is 0 Å². The van der Waals surface area contributed by atoms with Gasteiger partial charge in [0.25, 0.3) is 5.91 Å². The van der Waals surface area contributed by atoms with E-state index in [-0.39, 0.29) is 11.9 Å². The van der Waals surface area contributed by atoms with E-state index >= 15 is 0 Å². The number of benzene rings is 1. The summed E-state index contributed by atoms with van der Waals surface area (Å²) < 4.78 is 10.5. The second kappa shape index (κ2) is 7.11. The van der Waals surface area contributed by atoms with Crippen molar-refractivity contribution in [3.8, 4) is 5.75 Å². The minimum absolute atomic E-state index is 0.109. The molecule has 0 aliphatic carbocycles. The van der Waals surface area contributed by atoms with E-state index in [4.69, 9.17) is 9.26 Å². The van der Waals surface area contributed by atoms with Crippen LogP contribution >= 0.6 is 0 Å². The molecule has 0 radical (unpaired) electrons. The number of carbonyl (C=O) groups excluding carboxylic acids is 1. The molecule has 0 saturated heterocycles. The number of ether oxygens (including phenoxy) is 1. The molecular weight excluding hydrogens is 280 g/mol. The topological polar surface area (TPSA) is 64.4 Å². The zero-order valence-corrected chi connectivity index (χ0v) is 13.5. The number of hydrogen-bond acceptors (Lipinski definition) is 4. The van der Waals surface area contributed by atoms with E-state index in [1.165, 1.54) is 0 Å². The van der Waals surface area contributed by atoms with Crippen LogP contribution in [-0.4, -0.2) is 17.7 Å². The third kappa shape index (κ3) is 3.47. The fourth-order valence-electron chi connectivity index (χ4n) is 2.32. The molecule has 1 N–H and O–H groups in total. The van der Waals surface area contributed by atoms with Crippen molar-refractivity contribution in [2.75, 3.05) is 6.61 Å². The maximum Gasteiger partial charge on any atom is 0.257 e. The van der Waals surface area contributed by atoms with Crippen molar-refractivity contribution in [3.63, 3.8) is 0 Å². The number of aromatic nitrogens is 1. The Kier molecular flexibility index (Phi) is 5.20. The van der Waals surface area contributed by atoms with Gasteiger partial charge < -0.3 is 14.6 Å². The number of nitrogens with zero attached hydrogens (tertiary/aromatic N) is 1. The van der Waals surface area contributed by atoms with Crippen molar-refractivity contribution < 1.29 is 14.1 Å². The first-order valence-corrected chi connectivity index (χ1v) is 7.55. The predicted octanol–water partition coefficient (Wildman–Crippen LogP) is 3.44. The highest BCUT2D eigenvalue weighted by Crippen LogP contribution is 2.20. The Bertz CT molecular complexity index is 632. The molecule has 2 aromatic rings. The van der Waals surface area contributed by atoms with Crippen molar-refractivity contribution in [1.29, 1.82) is 0 Å². The van der Waals surface area contributed by atoms with Crippen molar-refractivity contribution in [2.45, 2.75) is 40.2 Å². The summed E-state index contributed by atoms with van der Waals surface area (Å²) in [5.41, 5.74) is 2.25. The average Bonchev–Trinajstić information content (AvgIpc) is 2.89. The standard InChI is InChI=1S/C17H22N2O3/c1-5-15-16(12(4)22-19-15)17(20)18-11(3)13-7-9-14(10-8-13)21-6-2/h7-11H,5-6H2,1-4H3,(H,18,20)/t11-/m0/s1. The van der Waals surface area contributed by atoms with Crippen molar-refractivity contribution in [1.82, 2.24) is 10.5 Å². The lowest BCUT2D eigenvalue weighted by Gasteiger charge is -2.15. The molecule has 0 fully saturated rings. The molecule has 5 nitrogen and oxygen atoms in total. The molecule has 1 amide bonds. The molecule has 1 heterocycles. The first kappa shape index (κ1) is 16.1. The monoisotopic (exact) mass is 302 g/mol. The maximum absolute atomic E-state index is 12.4. The highest BCUT2D eigenvalue weighted by Gasteiger charge is 2.20. The van der Waals surface area contributed by atoms with Gasteiger partial charge in [-0.3, -0.25) is 4.79 Å². The van der Waals surface area contributed by atoms with Gasteiger partial charge in [-0.1, -0.05) is 24.2 Å². The largest absolute Gasteiger partial charge is 0.494 e. The summed E-state index contributed by atoms with van der Waals surface area (Å²) in [6.45, 7) is 8.23. The van der Waals surface area contributed by atoms with Crippen LogP contribution in [0, 0.1) is 6.92 Å². The quantitative estimate of drug-likeness (QED) is 0.888. The molecular formula is C17H22N2O3. The average molecular weight is 302 g/mol. The minimum Gasteiger partial charge on any atom is -0.494 e. The fraction of sp³-hybridized carbons (Fsp3) is 0.412. The zero-order valence-electron chi connectivity index (χ0n) is 13.5. The Balaban J connectivity index is 2.09. The van der Waals surface area contributed by atoms with Crippen LogP contribution in [0.5, 0.6) is 5.75 Å². The summed E-state index contributed by atoms with van der Waals surface area (Å²) in [4.78, 5) is 12.4. The Hall–Kier alpha value is -2.30. The third-order valence-electron chi connectivity index (χ3n) is 3.53. The van der Waals surface area contributed by atoms with Gasteiger partial charge in [0.05, 0.1) is 18.3 Å². The van der Waals surface area contributed by atoms with Crippen LogP contribution < -0.4 is 10.1 Å². The number of nitrogens with one attached hydrogen (secondary N) is 1. The zero-order chi connectivity index (χ0) is 16.1. The molecule has 0 unspecified atom stereocenters. The van der Waals surface area contributed by atoms with Crippen LogP contribution in [0.25, 0.3) is 0 Å². The molecule has 0 bridgehead atoms. The Morgan fingerprint density at radius 2 is 2.00 bits per heavy atom. The number of amides is 1. The summed E-state index contributed by atoms with van der Waals surface area (Å²) in [6, 6.07) is 7.61. The van der Waals surface area contributed by atoms with E-state index < -0.39 is 0 Å². The van der Waals surface area contributed by atoms with Gasteiger partial charge in [-0.25, -0.2) is 0 Å². The molecule has 0 aliphatic heterocycles. The summed E-state index contributed by atoms with van der Waals surface area (Å²) in [5.74, 6) is 1.22. The summed E-state index contributed by atoms with van der Waals surface area (Å²) in [7, 11) is 0. The highest BCUT2D eigenvalue weighted by atomic mass is 16.5. The van der Waals surface area contributed by atoms with Gasteiger partial charge in [-0.05, 0) is 44.9 Å². The normalized spacial score (nSPS) is 12.0. The van der Waals surface area contributed by atoms with Crippen LogP contribution in [0.2, 0.25) is 0 Å². The van der Waals surface area contributed by atoms with E-state index in [0.717, 1.165) is 11.3 Å². The van der Waals surface area contributed by atoms with E-state index in [0.29, 0.717) is 30.0 Å². The predicted molar refractivity (Wildman–Crippen MR) is 84.1 cm³/mol. The molecule has 1 aromatic heterocycles.